The number of amides is 1. The minimum Gasteiger partial charge on any atom is -0.378 e. The summed E-state index contributed by atoms with van der Waals surface area (Å²) in [6, 6.07) is 0.265. The van der Waals surface area contributed by atoms with Crippen LogP contribution in [0.2, 0.25) is 0 Å². The van der Waals surface area contributed by atoms with Crippen molar-refractivity contribution < 1.29 is 17.9 Å². The maximum atomic E-state index is 13.4. The summed E-state index contributed by atoms with van der Waals surface area (Å²) < 4.78 is 30.1. The molecule has 1 aliphatic heterocycles. The Bertz CT molecular complexity index is 675. The molecule has 2 aliphatic carbocycles. The van der Waals surface area contributed by atoms with E-state index in [9.17, 15) is 13.2 Å². The van der Waals surface area contributed by atoms with Crippen LogP contribution in [0.15, 0.2) is 0 Å². The van der Waals surface area contributed by atoms with Crippen molar-refractivity contribution in [1.29, 1.82) is 0 Å². The summed E-state index contributed by atoms with van der Waals surface area (Å²) in [6.45, 7) is 9.05. The lowest BCUT2D eigenvalue weighted by atomic mass is 9.54. The molecule has 1 spiro atoms. The molecule has 0 aromatic carbocycles. The first-order valence-corrected chi connectivity index (χ1v) is 14.0. The molecule has 1 amide bonds. The normalized spacial score (nSPS) is 29.8. The average Bonchev–Trinajstić information content (AvgIpc) is 3.08. The third-order valence-electron chi connectivity index (χ3n) is 7.62. The largest absolute Gasteiger partial charge is 0.378 e. The third kappa shape index (κ3) is 5.04. The summed E-state index contributed by atoms with van der Waals surface area (Å²) in [4.78, 5) is 17.7. The lowest BCUT2D eigenvalue weighted by Gasteiger charge is -2.61. The van der Waals surface area contributed by atoms with Gasteiger partial charge in [-0.05, 0) is 52.0 Å². The molecule has 0 N–H and O–H groups in total. The van der Waals surface area contributed by atoms with Gasteiger partial charge < -0.3 is 9.64 Å². The molecule has 6 nitrogen and oxygen atoms in total. The Morgan fingerprint density at radius 3 is 2.33 bits per heavy atom. The van der Waals surface area contributed by atoms with E-state index >= 15 is 0 Å². The number of hydrogen-bond acceptors (Lipinski definition) is 5. The zero-order chi connectivity index (χ0) is 21.8. The van der Waals surface area contributed by atoms with Crippen molar-refractivity contribution in [2.24, 2.45) is 5.41 Å². The molecule has 7 heteroatoms. The van der Waals surface area contributed by atoms with Gasteiger partial charge in [-0.25, -0.2) is 8.42 Å². The first-order chi connectivity index (χ1) is 14.4. The summed E-state index contributed by atoms with van der Waals surface area (Å²) in [5, 5.41) is 0. The van der Waals surface area contributed by atoms with Crippen LogP contribution in [-0.2, 0) is 19.4 Å². The molecule has 1 heterocycles. The molecule has 0 aromatic rings. The van der Waals surface area contributed by atoms with Gasteiger partial charge in [-0.1, -0.05) is 33.1 Å². The fourth-order valence-electron chi connectivity index (χ4n) is 6.21. The SMILES string of the molecule is CCCN(CC(=O)N(CCC)[C@@H]1CCS(=O)(=O)C1)[C@@H]1C[C@H](OCC)C12CCCCC2. The first-order valence-electron chi connectivity index (χ1n) is 12.2. The smallest absolute Gasteiger partial charge is 0.237 e. The first kappa shape index (κ1) is 24.0. The molecule has 0 unspecified atom stereocenters. The molecule has 1 saturated heterocycles. The van der Waals surface area contributed by atoms with Gasteiger partial charge in [0.2, 0.25) is 5.91 Å². The lowest BCUT2D eigenvalue weighted by molar-refractivity contribution is -0.185. The molecule has 0 radical (unpaired) electrons. The second kappa shape index (κ2) is 10.3. The van der Waals surface area contributed by atoms with Crippen LogP contribution in [0.25, 0.3) is 0 Å². The van der Waals surface area contributed by atoms with E-state index in [1.54, 1.807) is 0 Å². The van der Waals surface area contributed by atoms with Crippen molar-refractivity contribution in [2.75, 3.05) is 37.7 Å². The number of sulfone groups is 1. The molecule has 3 fully saturated rings. The minimum absolute atomic E-state index is 0.109. The monoisotopic (exact) mass is 442 g/mol. The summed E-state index contributed by atoms with van der Waals surface area (Å²) in [7, 11) is -3.00. The zero-order valence-electron chi connectivity index (χ0n) is 19.3. The Kier molecular flexibility index (Phi) is 8.24. The second-order valence-corrected chi connectivity index (χ2v) is 11.8. The number of nitrogens with zero attached hydrogens (tertiary/aromatic N) is 2. The summed E-state index contributed by atoms with van der Waals surface area (Å²) in [5.74, 6) is 0.455. The van der Waals surface area contributed by atoms with Gasteiger partial charge in [0.25, 0.3) is 0 Å². The van der Waals surface area contributed by atoms with E-state index in [-0.39, 0.29) is 28.9 Å². The standard InChI is InChI=1S/C23H42N2O4S/c1-4-13-24(20-16-21(29-6-3)23(20)11-8-7-9-12-23)17-22(26)25(14-5-2)19-10-15-30(27,28)18-19/h19-21H,4-18H2,1-3H3/t19-,20-,21+/m1/s1. The summed E-state index contributed by atoms with van der Waals surface area (Å²) in [5.41, 5.74) is 0.204. The molecule has 30 heavy (non-hydrogen) atoms. The highest BCUT2D eigenvalue weighted by Gasteiger charge is 2.57. The van der Waals surface area contributed by atoms with Crippen LogP contribution in [-0.4, -0.2) is 80.1 Å². The van der Waals surface area contributed by atoms with E-state index in [1.807, 2.05) is 4.90 Å². The van der Waals surface area contributed by atoms with Crippen LogP contribution >= 0.6 is 0 Å². The van der Waals surface area contributed by atoms with Gasteiger partial charge >= 0.3 is 0 Å². The van der Waals surface area contributed by atoms with Gasteiger partial charge in [0, 0.05) is 30.7 Å². The van der Waals surface area contributed by atoms with Crippen LogP contribution < -0.4 is 0 Å². The summed E-state index contributed by atoms with van der Waals surface area (Å²) in [6.07, 6.45) is 10.0. The Morgan fingerprint density at radius 2 is 1.77 bits per heavy atom. The highest BCUT2D eigenvalue weighted by atomic mass is 32.2. The van der Waals surface area contributed by atoms with Crippen molar-refractivity contribution in [3.63, 3.8) is 0 Å². The number of hydrogen-bond donors (Lipinski definition) is 0. The third-order valence-corrected chi connectivity index (χ3v) is 9.37. The second-order valence-electron chi connectivity index (χ2n) is 9.60. The van der Waals surface area contributed by atoms with Crippen molar-refractivity contribution in [2.45, 2.75) is 96.7 Å². The number of ether oxygens (including phenoxy) is 1. The van der Waals surface area contributed by atoms with Crippen LogP contribution in [0.1, 0.15) is 78.6 Å². The van der Waals surface area contributed by atoms with Gasteiger partial charge in [0.1, 0.15) is 0 Å². The van der Waals surface area contributed by atoms with Crippen molar-refractivity contribution >= 4 is 15.7 Å². The molecule has 3 atom stereocenters. The maximum absolute atomic E-state index is 13.4. The predicted molar refractivity (Wildman–Crippen MR) is 120 cm³/mol. The quantitative estimate of drug-likeness (QED) is 0.520. The minimum atomic E-state index is -3.00. The average molecular weight is 443 g/mol. The van der Waals surface area contributed by atoms with Gasteiger partial charge in [-0.15, -0.1) is 0 Å². The Balaban J connectivity index is 1.73. The molecule has 3 aliphatic rings. The molecular weight excluding hydrogens is 400 g/mol. The number of rotatable bonds is 10. The van der Waals surface area contributed by atoms with Gasteiger partial charge in [0.15, 0.2) is 9.84 Å². The van der Waals surface area contributed by atoms with Crippen LogP contribution in [0.3, 0.4) is 0 Å². The molecule has 174 valence electrons. The van der Waals surface area contributed by atoms with Crippen LogP contribution in [0.4, 0.5) is 0 Å². The van der Waals surface area contributed by atoms with Crippen molar-refractivity contribution in [3.8, 4) is 0 Å². The molecule has 2 saturated carbocycles. The van der Waals surface area contributed by atoms with Gasteiger partial charge in [0.05, 0.1) is 24.2 Å². The molecule has 0 bridgehead atoms. The van der Waals surface area contributed by atoms with E-state index in [4.69, 9.17) is 4.74 Å². The van der Waals surface area contributed by atoms with E-state index in [0.29, 0.717) is 31.7 Å². The fraction of sp³-hybridized carbons (Fsp3) is 0.957. The highest BCUT2D eigenvalue weighted by molar-refractivity contribution is 7.91. The Hall–Kier alpha value is -0.660. The Labute approximate surface area is 183 Å². The summed E-state index contributed by atoms with van der Waals surface area (Å²) >= 11 is 0. The fourth-order valence-corrected chi connectivity index (χ4v) is 7.94. The van der Waals surface area contributed by atoms with E-state index in [2.05, 4.69) is 25.7 Å². The van der Waals surface area contributed by atoms with E-state index in [0.717, 1.165) is 32.4 Å². The van der Waals surface area contributed by atoms with E-state index < -0.39 is 9.84 Å². The van der Waals surface area contributed by atoms with Crippen molar-refractivity contribution in [1.82, 2.24) is 9.80 Å². The van der Waals surface area contributed by atoms with Crippen molar-refractivity contribution in [3.05, 3.63) is 0 Å². The van der Waals surface area contributed by atoms with Gasteiger partial charge in [-0.2, -0.15) is 0 Å². The topological polar surface area (TPSA) is 66.9 Å². The van der Waals surface area contributed by atoms with E-state index in [1.165, 1.54) is 32.1 Å². The highest BCUT2D eigenvalue weighted by Crippen LogP contribution is 2.55. The number of carbonyl (C=O) groups is 1. The lowest BCUT2D eigenvalue weighted by Crippen LogP contribution is -2.66. The molecule has 3 rings (SSSR count). The Morgan fingerprint density at radius 1 is 1.07 bits per heavy atom. The molecular formula is C23H42N2O4S. The van der Waals surface area contributed by atoms with Crippen LogP contribution in [0, 0.1) is 5.41 Å². The zero-order valence-corrected chi connectivity index (χ0v) is 20.1. The molecule has 0 aromatic heterocycles. The predicted octanol–water partition coefficient (Wildman–Crippen LogP) is 3.25. The van der Waals surface area contributed by atoms with Gasteiger partial charge in [-0.3, -0.25) is 9.69 Å². The maximum Gasteiger partial charge on any atom is 0.237 e. The number of carbonyl (C=O) groups excluding carboxylic acids is 1. The van der Waals surface area contributed by atoms with Crippen LogP contribution in [0.5, 0.6) is 0 Å².